The van der Waals surface area contributed by atoms with Crippen molar-refractivity contribution in [1.82, 2.24) is 0 Å². The predicted octanol–water partition coefficient (Wildman–Crippen LogP) is -0.236. The van der Waals surface area contributed by atoms with Gasteiger partial charge in [0.25, 0.3) is 0 Å². The maximum Gasteiger partial charge on any atom is 1.00 e. The van der Waals surface area contributed by atoms with E-state index in [9.17, 15) is 26.1 Å². The molecule has 1 aromatic carbocycles. The van der Waals surface area contributed by atoms with Crippen molar-refractivity contribution >= 4 is 12.4 Å². The van der Waals surface area contributed by atoms with E-state index in [1.54, 1.807) is 0 Å². The van der Waals surface area contributed by atoms with E-state index in [1.807, 2.05) is 0 Å². The van der Waals surface area contributed by atoms with Gasteiger partial charge in [0, 0.05) is 5.56 Å². The van der Waals surface area contributed by atoms with Gasteiger partial charge in [-0.25, -0.2) is 0 Å². The quantitative estimate of drug-likeness (QED) is 0.452. The first-order valence-electron chi connectivity index (χ1n) is 3.59. The molecule has 0 N–H and O–H groups in total. The molecule has 1 rings (SSSR count). The molecule has 0 nitrogen and oxygen atoms in total. The zero-order valence-electron chi connectivity index (χ0n) is 7.65. The number of hydrogen-bond acceptors (Lipinski definition) is 0. The second-order valence-electron chi connectivity index (χ2n) is 2.66. The van der Waals surface area contributed by atoms with Crippen molar-refractivity contribution in [2.24, 2.45) is 0 Å². The van der Waals surface area contributed by atoms with Gasteiger partial charge in [-0.1, -0.05) is 29.7 Å². The van der Waals surface area contributed by atoms with Crippen LogP contribution in [0.3, 0.4) is 0 Å². The molecule has 0 aromatic heterocycles. The van der Waals surface area contributed by atoms with Crippen LogP contribution < -0.4 is 24.3 Å². The van der Waals surface area contributed by atoms with E-state index in [0.717, 1.165) is 12.1 Å². The summed E-state index contributed by atoms with van der Waals surface area (Å²) in [6.45, 7) is -5.62. The zero-order valence-corrected chi connectivity index (χ0v) is 7.65. The summed E-state index contributed by atoms with van der Waals surface area (Å²) in [5.74, 6) is 0. The Bertz CT molecular complexity index is 298. The van der Waals surface area contributed by atoms with E-state index in [2.05, 4.69) is 0 Å². The maximum atomic E-state index is 12.1. The van der Waals surface area contributed by atoms with Crippen molar-refractivity contribution in [3.63, 3.8) is 0 Å². The van der Waals surface area contributed by atoms with Crippen molar-refractivity contribution in [2.75, 3.05) is 0 Å². The molecule has 8 heteroatoms. The summed E-state index contributed by atoms with van der Waals surface area (Å²) < 4.78 is 72.7. The van der Waals surface area contributed by atoms with Crippen LogP contribution >= 0.6 is 0 Å². The van der Waals surface area contributed by atoms with E-state index in [4.69, 9.17) is 0 Å². The van der Waals surface area contributed by atoms with Crippen LogP contribution in [-0.4, -0.2) is 6.98 Å². The second kappa shape index (κ2) is 4.54. The fourth-order valence-corrected chi connectivity index (χ4v) is 1.04. The van der Waals surface area contributed by atoms with E-state index in [-0.39, 0.29) is 18.9 Å². The second-order valence-corrected chi connectivity index (χ2v) is 2.66. The largest absolute Gasteiger partial charge is 1.00 e. The summed E-state index contributed by atoms with van der Waals surface area (Å²) in [5, 5.41) is 0. The molecule has 0 aliphatic carbocycles. The van der Waals surface area contributed by atoms with Gasteiger partial charge in [0.15, 0.2) is 0 Å². The number of rotatable bonds is 1. The van der Waals surface area contributed by atoms with Crippen molar-refractivity contribution in [2.45, 2.75) is 6.18 Å². The Labute approximate surface area is 93.9 Å². The molecule has 1 aromatic rings. The molecule has 15 heavy (non-hydrogen) atoms. The van der Waals surface area contributed by atoms with Crippen LogP contribution in [0.2, 0.25) is 0 Å². The van der Waals surface area contributed by atoms with Gasteiger partial charge >= 0.3 is 32.0 Å². The third-order valence-corrected chi connectivity index (χ3v) is 1.62. The van der Waals surface area contributed by atoms with Gasteiger partial charge in [0.1, 0.15) is 0 Å². The van der Waals surface area contributed by atoms with Gasteiger partial charge in [0.05, 0.1) is 0 Å². The molecule has 0 heterocycles. The summed E-state index contributed by atoms with van der Waals surface area (Å²) in [6, 6.07) is 2.71. The van der Waals surface area contributed by atoms with Crippen LogP contribution in [0, 0.1) is 0 Å². The van der Waals surface area contributed by atoms with Crippen LogP contribution in [0.5, 0.6) is 0 Å². The van der Waals surface area contributed by atoms with Crippen molar-refractivity contribution < 1.29 is 45.0 Å². The van der Waals surface area contributed by atoms with E-state index < -0.39 is 24.2 Å². The fraction of sp³-hybridized carbons (Fsp3) is 0.143. The summed E-state index contributed by atoms with van der Waals surface area (Å²) in [6.07, 6.45) is -4.96. The summed E-state index contributed by atoms with van der Waals surface area (Å²) in [5.41, 5.74) is -3.23. The normalized spacial score (nSPS) is 12.1. The first-order valence-corrected chi connectivity index (χ1v) is 3.59. The van der Waals surface area contributed by atoms with Gasteiger partial charge in [-0.15, -0.1) is 0 Å². The van der Waals surface area contributed by atoms with Crippen LogP contribution in [0.4, 0.5) is 26.1 Å². The molecule has 0 saturated carbocycles. The van der Waals surface area contributed by atoms with E-state index in [1.165, 1.54) is 0 Å². The summed E-state index contributed by atoms with van der Waals surface area (Å²) in [7, 11) is 0. The Kier molecular flexibility index (Phi) is 4.38. The Morgan fingerprint density at radius 1 is 0.933 bits per heavy atom. The number of hydrogen-bond donors (Lipinski definition) is 0. The average Bonchev–Trinajstić information content (AvgIpc) is 2.01. The Morgan fingerprint density at radius 3 is 1.73 bits per heavy atom. The molecule has 78 valence electrons. The van der Waals surface area contributed by atoms with E-state index >= 15 is 0 Å². The maximum absolute atomic E-state index is 12.1. The van der Waals surface area contributed by atoms with Gasteiger partial charge < -0.3 is 12.9 Å². The molecule has 0 atom stereocenters. The van der Waals surface area contributed by atoms with Crippen molar-refractivity contribution in [3.05, 3.63) is 29.8 Å². The zero-order chi connectivity index (χ0) is 11.0. The van der Waals surface area contributed by atoms with Gasteiger partial charge in [-0.2, -0.15) is 13.2 Å². The minimum Gasteiger partial charge on any atom is -0.445 e. The van der Waals surface area contributed by atoms with Crippen molar-refractivity contribution in [1.29, 1.82) is 0 Å². The van der Waals surface area contributed by atoms with Crippen LogP contribution in [0.15, 0.2) is 24.3 Å². The summed E-state index contributed by atoms with van der Waals surface area (Å²) in [4.78, 5) is 0. The molecule has 0 aliphatic heterocycles. The molecular formula is C7H4BF6Li. The molecule has 0 radical (unpaired) electrons. The molecule has 0 amide bonds. The molecule has 0 fully saturated rings. The van der Waals surface area contributed by atoms with Crippen LogP contribution in [0.1, 0.15) is 5.56 Å². The van der Waals surface area contributed by atoms with Crippen molar-refractivity contribution in [3.8, 4) is 0 Å². The predicted molar refractivity (Wildman–Crippen MR) is 40.2 cm³/mol. The molecule has 0 spiro atoms. The summed E-state index contributed by atoms with van der Waals surface area (Å²) >= 11 is 0. The monoisotopic (exact) mass is 220 g/mol. The van der Waals surface area contributed by atoms with Crippen LogP contribution in [0.25, 0.3) is 0 Å². The number of benzene rings is 1. The minimum absolute atomic E-state index is 0. The molecule has 0 saturated heterocycles. The standard InChI is InChI=1S/C7H4BF6.Li/c9-7(10,11)5-3-1-2-4-6(5)8(12,13)14;/h1-4H;/q-1;+1. The Balaban J connectivity index is 0.00000196. The Morgan fingerprint density at radius 2 is 1.40 bits per heavy atom. The first-order chi connectivity index (χ1) is 6.23. The molecule has 0 unspecified atom stereocenters. The Hall–Kier alpha value is -0.538. The topological polar surface area (TPSA) is 0 Å². The minimum atomic E-state index is -5.62. The smallest absolute Gasteiger partial charge is 0.445 e. The SMILES string of the molecule is F[B-](F)(F)c1ccccc1C(F)(F)F.[Li+]. The number of halogens is 6. The van der Waals surface area contributed by atoms with E-state index in [0.29, 0.717) is 12.1 Å². The molecular weight excluding hydrogens is 216 g/mol. The van der Waals surface area contributed by atoms with Gasteiger partial charge in [-0.05, 0) is 0 Å². The fourth-order valence-electron chi connectivity index (χ4n) is 1.04. The van der Waals surface area contributed by atoms with Crippen LogP contribution in [-0.2, 0) is 6.18 Å². The van der Waals surface area contributed by atoms with Gasteiger partial charge in [0.2, 0.25) is 0 Å². The average molecular weight is 220 g/mol. The third kappa shape index (κ3) is 3.51. The third-order valence-electron chi connectivity index (χ3n) is 1.62. The number of alkyl halides is 3. The van der Waals surface area contributed by atoms with Gasteiger partial charge in [-0.3, -0.25) is 0 Å². The molecule has 0 bridgehead atoms. The first kappa shape index (κ1) is 14.5. The molecule has 0 aliphatic rings.